The van der Waals surface area contributed by atoms with E-state index in [2.05, 4.69) is 116 Å². The number of aliphatic hydroxyl groups excluding tert-OH is 8. The first-order valence-corrected chi connectivity index (χ1v) is 40.6. The number of unbranched alkanes of at least 4 members (excludes halogenated alkanes) is 38. The van der Waals surface area contributed by atoms with Crippen LogP contribution in [0.3, 0.4) is 0 Å². The van der Waals surface area contributed by atoms with Gasteiger partial charge in [0, 0.05) is 6.42 Å². The summed E-state index contributed by atoms with van der Waals surface area (Å²) in [5.74, 6) is -0.254. The van der Waals surface area contributed by atoms with Crippen LogP contribution in [0.1, 0.15) is 328 Å². The molecule has 14 heteroatoms. The summed E-state index contributed by atoms with van der Waals surface area (Å²) in [7, 11) is 0. The minimum atomic E-state index is -1.80. The van der Waals surface area contributed by atoms with E-state index < -0.39 is 86.8 Å². The number of carbonyl (C=O) groups is 1. The second-order valence-corrected chi connectivity index (χ2v) is 28.1. The highest BCUT2D eigenvalue weighted by Crippen LogP contribution is 2.30. The molecule has 2 aliphatic rings. The molecule has 0 bridgehead atoms. The molecular formula is C85H149NO13. The summed E-state index contributed by atoms with van der Waals surface area (Å²) in [5.41, 5.74) is 0. The maximum absolute atomic E-state index is 13.4. The van der Waals surface area contributed by atoms with Crippen molar-refractivity contribution in [2.24, 2.45) is 0 Å². The van der Waals surface area contributed by atoms with E-state index in [-0.39, 0.29) is 18.9 Å². The van der Waals surface area contributed by atoms with Crippen LogP contribution in [0, 0.1) is 0 Å². The summed E-state index contributed by atoms with van der Waals surface area (Å²) in [6.07, 6.45) is 81.7. The van der Waals surface area contributed by atoms with Gasteiger partial charge >= 0.3 is 0 Å². The standard InChI is InChI=1S/C85H149NO13/c1-3-5-7-9-11-13-15-17-19-21-23-25-27-29-31-33-35-37-39-41-43-45-47-49-51-53-55-57-59-61-63-65-67-69-77(90)86-73(72-96-84-82(95)80(93)83(76(71-88)98-84)99-85-81(94)79(92)78(91)75(70-87)97-85)74(89)68-66-64-62-60-58-56-54-52-50-48-46-44-42-40-38-36-34-32-30-28-26-24-22-20-18-16-14-12-10-8-6-4-2/h5,7,11,13,17,19,23,25,29,31,35,37,50,52,58,60,66,68,73-76,78-85,87-89,91-95H,3-4,6,8-10,12,14-16,18,20-22,24,26-28,30,32-34,36,38-49,51,53-57,59,61-65,67,69-72H2,1-2H3,(H,86,90)/b7-5-,13-11-,19-17-,25-23-,31-29-,37-35-,52-50+,60-58+,68-66+. The maximum atomic E-state index is 13.4. The van der Waals surface area contributed by atoms with Crippen LogP contribution in [0.2, 0.25) is 0 Å². The van der Waals surface area contributed by atoms with E-state index >= 15 is 0 Å². The van der Waals surface area contributed by atoms with Gasteiger partial charge in [-0.15, -0.1) is 0 Å². The van der Waals surface area contributed by atoms with Crippen LogP contribution in [-0.4, -0.2) is 140 Å². The third-order valence-electron chi connectivity index (χ3n) is 19.2. The van der Waals surface area contributed by atoms with Crippen molar-refractivity contribution in [2.75, 3.05) is 19.8 Å². The van der Waals surface area contributed by atoms with Crippen LogP contribution in [-0.2, 0) is 23.7 Å². The number of nitrogens with one attached hydrogen (secondary N) is 1. The number of aliphatic hydroxyl groups is 8. The molecule has 12 unspecified atom stereocenters. The quantitative estimate of drug-likeness (QED) is 0.0204. The molecule has 99 heavy (non-hydrogen) atoms. The Balaban J connectivity index is 1.64. The summed E-state index contributed by atoms with van der Waals surface area (Å²) in [4.78, 5) is 13.4. The molecule has 2 aliphatic heterocycles. The van der Waals surface area contributed by atoms with Crippen LogP contribution in [0.15, 0.2) is 109 Å². The Morgan fingerprint density at radius 1 is 0.374 bits per heavy atom. The third-order valence-corrected chi connectivity index (χ3v) is 19.2. The smallest absolute Gasteiger partial charge is 0.220 e. The molecule has 0 aromatic carbocycles. The topological polar surface area (TPSA) is 228 Å². The number of allylic oxidation sites excluding steroid dienone is 17. The minimum absolute atomic E-state index is 0.254. The first kappa shape index (κ1) is 91.7. The summed E-state index contributed by atoms with van der Waals surface area (Å²) in [6, 6.07) is -0.947. The Morgan fingerprint density at radius 3 is 1.11 bits per heavy atom. The Labute approximate surface area is 604 Å². The van der Waals surface area contributed by atoms with E-state index in [1.54, 1.807) is 6.08 Å². The Hall–Kier alpha value is -3.35. The molecule has 0 saturated carbocycles. The van der Waals surface area contributed by atoms with Gasteiger partial charge in [0.1, 0.15) is 48.8 Å². The Morgan fingerprint density at radius 2 is 0.707 bits per heavy atom. The molecule has 14 nitrogen and oxygen atoms in total. The summed E-state index contributed by atoms with van der Waals surface area (Å²) in [5, 5.41) is 87.7. The van der Waals surface area contributed by atoms with Crippen molar-refractivity contribution in [3.05, 3.63) is 109 Å². The normalized spacial score (nSPS) is 22.5. The summed E-state index contributed by atoms with van der Waals surface area (Å²) < 4.78 is 22.9. The average molecular weight is 1390 g/mol. The van der Waals surface area contributed by atoms with Gasteiger partial charge in [-0.1, -0.05) is 335 Å². The maximum Gasteiger partial charge on any atom is 0.220 e. The molecule has 0 aliphatic carbocycles. The zero-order valence-corrected chi connectivity index (χ0v) is 62.7. The zero-order valence-electron chi connectivity index (χ0n) is 62.7. The second kappa shape index (κ2) is 67.8. The van der Waals surface area contributed by atoms with Gasteiger partial charge in [0.05, 0.1) is 32.0 Å². The zero-order chi connectivity index (χ0) is 71.5. The van der Waals surface area contributed by atoms with E-state index in [1.165, 1.54) is 212 Å². The lowest BCUT2D eigenvalue weighted by Crippen LogP contribution is -2.65. The van der Waals surface area contributed by atoms with Crippen molar-refractivity contribution >= 4 is 5.91 Å². The minimum Gasteiger partial charge on any atom is -0.394 e. The highest BCUT2D eigenvalue weighted by Gasteiger charge is 2.51. The molecule has 2 rings (SSSR count). The second-order valence-electron chi connectivity index (χ2n) is 28.1. The van der Waals surface area contributed by atoms with Gasteiger partial charge in [0.15, 0.2) is 12.6 Å². The van der Waals surface area contributed by atoms with Gasteiger partial charge in [-0.25, -0.2) is 0 Å². The molecule has 2 saturated heterocycles. The molecule has 0 spiro atoms. The van der Waals surface area contributed by atoms with E-state index in [9.17, 15) is 45.6 Å². The monoisotopic (exact) mass is 1390 g/mol. The molecule has 0 aromatic rings. The fourth-order valence-electron chi connectivity index (χ4n) is 12.8. The highest BCUT2D eigenvalue weighted by atomic mass is 16.7. The van der Waals surface area contributed by atoms with Crippen molar-refractivity contribution in [3.8, 4) is 0 Å². The molecule has 2 heterocycles. The van der Waals surface area contributed by atoms with Gasteiger partial charge < -0.3 is 65.1 Å². The molecule has 0 radical (unpaired) electrons. The predicted molar refractivity (Wildman–Crippen MR) is 410 cm³/mol. The predicted octanol–water partition coefficient (Wildman–Crippen LogP) is 18.6. The lowest BCUT2D eigenvalue weighted by atomic mass is 9.97. The Kier molecular flexibility index (Phi) is 62.8. The van der Waals surface area contributed by atoms with E-state index in [0.29, 0.717) is 12.8 Å². The third kappa shape index (κ3) is 50.7. The van der Waals surface area contributed by atoms with Crippen molar-refractivity contribution in [1.29, 1.82) is 0 Å². The fraction of sp³-hybridized carbons (Fsp3) is 0.776. The Bertz CT molecular complexity index is 2080. The summed E-state index contributed by atoms with van der Waals surface area (Å²) in [6.45, 7) is 2.70. The molecule has 1 amide bonds. The number of ether oxygens (including phenoxy) is 4. The van der Waals surface area contributed by atoms with Crippen molar-refractivity contribution in [3.63, 3.8) is 0 Å². The molecule has 2 fully saturated rings. The SMILES string of the molecule is CC/C=C\C/C=C\C/C=C\C/C=C\C/C=C\C/C=C\CCCCCCCCCCCCCCCCC(=O)NC(COC1OC(CO)C(OC2OC(CO)C(O)C(O)C2O)C(O)C1O)C(O)/C=C/CC/C=C/CC/C=C/CCCCCCCCCCCCCCCCCCCCCCCC. The lowest BCUT2D eigenvalue weighted by Gasteiger charge is -2.46. The highest BCUT2D eigenvalue weighted by molar-refractivity contribution is 5.76. The van der Waals surface area contributed by atoms with Gasteiger partial charge in [-0.3, -0.25) is 4.79 Å². The van der Waals surface area contributed by atoms with Crippen LogP contribution in [0.25, 0.3) is 0 Å². The van der Waals surface area contributed by atoms with E-state index in [4.69, 9.17) is 18.9 Å². The van der Waals surface area contributed by atoms with Crippen LogP contribution >= 0.6 is 0 Å². The largest absolute Gasteiger partial charge is 0.394 e. The fourth-order valence-corrected chi connectivity index (χ4v) is 12.8. The number of carbonyl (C=O) groups excluding carboxylic acids is 1. The first-order valence-electron chi connectivity index (χ1n) is 40.6. The number of rotatable bonds is 67. The van der Waals surface area contributed by atoms with Crippen LogP contribution < -0.4 is 5.32 Å². The van der Waals surface area contributed by atoms with Crippen molar-refractivity contribution < 1.29 is 64.6 Å². The van der Waals surface area contributed by atoms with E-state index in [1.807, 2.05) is 6.08 Å². The molecule has 0 aromatic heterocycles. The number of hydrogen-bond acceptors (Lipinski definition) is 13. The lowest BCUT2D eigenvalue weighted by molar-refractivity contribution is -0.359. The molecule has 572 valence electrons. The molecular weight excluding hydrogens is 1240 g/mol. The van der Waals surface area contributed by atoms with Gasteiger partial charge in [-0.05, 0) is 96.3 Å². The van der Waals surface area contributed by atoms with Crippen molar-refractivity contribution in [2.45, 2.75) is 402 Å². The van der Waals surface area contributed by atoms with Gasteiger partial charge in [-0.2, -0.15) is 0 Å². The first-order chi connectivity index (χ1) is 48.6. The molecule has 12 atom stereocenters. The van der Waals surface area contributed by atoms with Crippen molar-refractivity contribution in [1.82, 2.24) is 5.32 Å². The summed E-state index contributed by atoms with van der Waals surface area (Å²) >= 11 is 0. The van der Waals surface area contributed by atoms with Gasteiger partial charge in [0.25, 0.3) is 0 Å². The number of hydrogen-bond donors (Lipinski definition) is 9. The molecule has 9 N–H and O–H groups in total. The van der Waals surface area contributed by atoms with Gasteiger partial charge in [0.2, 0.25) is 5.91 Å². The average Bonchev–Trinajstić information content (AvgIpc) is 0.793. The van der Waals surface area contributed by atoms with Crippen LogP contribution in [0.5, 0.6) is 0 Å². The number of amides is 1. The van der Waals surface area contributed by atoms with E-state index in [0.717, 1.165) is 83.5 Å². The van der Waals surface area contributed by atoms with Crippen LogP contribution in [0.4, 0.5) is 0 Å².